The minimum Gasteiger partial charge on any atom is -0.466 e. The number of hydrogen-bond acceptors (Lipinski definition) is 1. The van der Waals surface area contributed by atoms with Crippen molar-refractivity contribution in [3.8, 4) is 0 Å². The Bertz CT molecular complexity index is 81.0. The number of rotatable bonds is 2. The fourth-order valence-corrected chi connectivity index (χ4v) is 1.39. The monoisotopic (exact) mass is 128 g/mol. The molecule has 1 aliphatic heterocycles. The third-order valence-electron chi connectivity index (χ3n) is 1.87. The summed E-state index contributed by atoms with van der Waals surface area (Å²) in [6.07, 6.45) is 1.30. The van der Waals surface area contributed by atoms with Crippen molar-refractivity contribution in [3.63, 3.8) is 0 Å². The molecule has 2 nitrogen and oxygen atoms in total. The molecule has 9 heavy (non-hydrogen) atoms. The molecule has 1 heterocycles. The lowest BCUT2D eigenvalue weighted by atomic mass is 10.3. The maximum Gasteiger partial charge on any atom is 0.0688 e. The maximum atomic E-state index is 3.95. The van der Waals surface area contributed by atoms with Gasteiger partial charge in [-0.2, -0.15) is 7.05 Å². The highest BCUT2D eigenvalue weighted by atomic mass is 15.2. The summed E-state index contributed by atoms with van der Waals surface area (Å²) in [5.74, 6) is 0. The molecule has 0 amide bonds. The summed E-state index contributed by atoms with van der Waals surface area (Å²) in [5.41, 5.74) is 0. The Balaban J connectivity index is 2.14. The van der Waals surface area contributed by atoms with Crippen LogP contribution in [0.5, 0.6) is 0 Å². The fourth-order valence-electron chi connectivity index (χ4n) is 1.39. The van der Waals surface area contributed by atoms with E-state index >= 15 is 0 Å². The molecule has 0 aliphatic carbocycles. The predicted molar refractivity (Wildman–Crippen MR) is 38.1 cm³/mol. The Labute approximate surface area is 57.2 Å². The van der Waals surface area contributed by atoms with Crippen LogP contribution in [0.2, 0.25) is 0 Å². The van der Waals surface area contributed by atoms with Gasteiger partial charge >= 0.3 is 0 Å². The molecule has 0 radical (unpaired) electrons. The van der Waals surface area contributed by atoms with Crippen LogP contribution in [0.15, 0.2) is 0 Å². The molecule has 0 bridgehead atoms. The van der Waals surface area contributed by atoms with E-state index in [1.807, 2.05) is 0 Å². The third-order valence-corrected chi connectivity index (χ3v) is 1.87. The van der Waals surface area contributed by atoms with Crippen LogP contribution in [0.3, 0.4) is 0 Å². The van der Waals surface area contributed by atoms with E-state index < -0.39 is 0 Å². The first kappa shape index (κ1) is 7.03. The second kappa shape index (κ2) is 3.18. The second-order valence-corrected chi connectivity index (χ2v) is 2.75. The van der Waals surface area contributed by atoms with E-state index in [-0.39, 0.29) is 0 Å². The predicted octanol–water partition coefficient (Wildman–Crippen LogP) is -0.955. The Kier molecular flexibility index (Phi) is 2.49. The van der Waals surface area contributed by atoms with Gasteiger partial charge in [0.2, 0.25) is 0 Å². The summed E-state index contributed by atoms with van der Waals surface area (Å²) in [7, 11) is 3.95. The van der Waals surface area contributed by atoms with Crippen LogP contribution >= 0.6 is 0 Å². The zero-order valence-corrected chi connectivity index (χ0v) is 6.11. The summed E-state index contributed by atoms with van der Waals surface area (Å²) in [6.45, 7) is 5.69. The van der Waals surface area contributed by atoms with Crippen LogP contribution in [0.4, 0.5) is 0 Å². The molecule has 1 rings (SSSR count). The second-order valence-electron chi connectivity index (χ2n) is 2.75. The van der Waals surface area contributed by atoms with E-state index in [1.54, 1.807) is 0 Å². The number of nitrogens with one attached hydrogen (secondary N) is 2. The minimum atomic E-state index is 0.738. The highest BCUT2D eigenvalue weighted by Gasteiger charge is 2.17. The largest absolute Gasteiger partial charge is 0.466 e. The van der Waals surface area contributed by atoms with Crippen LogP contribution in [-0.2, 0) is 0 Å². The molecule has 2 heteroatoms. The zero-order chi connectivity index (χ0) is 6.69. The number of quaternary nitrogens is 1. The smallest absolute Gasteiger partial charge is 0.0688 e. The fraction of sp³-hybridized carbons (Fsp3) is 0.857. The maximum absolute atomic E-state index is 3.95. The van der Waals surface area contributed by atoms with Gasteiger partial charge < -0.3 is 10.2 Å². The van der Waals surface area contributed by atoms with Crippen LogP contribution in [0.1, 0.15) is 13.3 Å². The van der Waals surface area contributed by atoms with Crippen molar-refractivity contribution in [3.05, 3.63) is 7.05 Å². The third kappa shape index (κ3) is 1.95. The molecule has 2 N–H and O–H groups in total. The van der Waals surface area contributed by atoms with Gasteiger partial charge in [0.05, 0.1) is 19.1 Å². The van der Waals surface area contributed by atoms with Gasteiger partial charge in [-0.15, -0.1) is 0 Å². The number of likely N-dealkylation sites (tertiary alicyclic amines) is 1. The highest BCUT2D eigenvalue weighted by Crippen LogP contribution is 1.90. The normalized spacial score (nSPS) is 35.3. The Morgan fingerprint density at radius 1 is 1.78 bits per heavy atom. The van der Waals surface area contributed by atoms with Gasteiger partial charge in [-0.05, 0) is 6.54 Å². The molecular weight excluding hydrogens is 112 g/mol. The average molecular weight is 128 g/mol. The molecule has 1 unspecified atom stereocenters. The molecule has 1 aliphatic rings. The van der Waals surface area contributed by atoms with Crippen molar-refractivity contribution < 1.29 is 4.90 Å². The van der Waals surface area contributed by atoms with Crippen molar-refractivity contribution in [2.45, 2.75) is 19.4 Å². The number of likely N-dealkylation sites (N-methyl/N-ethyl adjacent to an activating group) is 1. The summed E-state index contributed by atoms with van der Waals surface area (Å²) >= 11 is 0. The highest BCUT2D eigenvalue weighted by molar-refractivity contribution is 4.67. The first-order valence-electron chi connectivity index (χ1n) is 3.73. The molecule has 0 saturated carbocycles. The van der Waals surface area contributed by atoms with E-state index in [0.717, 1.165) is 12.6 Å². The first-order valence-corrected chi connectivity index (χ1v) is 3.73. The molecular formula is C7H16N2. The van der Waals surface area contributed by atoms with Crippen LogP contribution in [0, 0.1) is 7.05 Å². The first-order chi connectivity index (χ1) is 4.33. The molecule has 1 saturated heterocycles. The standard InChI is InChI=1S/C7H16N2/c1-3-8-7-4-5-9(2)6-7/h7-9H,2-6H2,1H3/t7-/m0/s1. The van der Waals surface area contributed by atoms with Crippen molar-refractivity contribution in [1.29, 1.82) is 0 Å². The Morgan fingerprint density at radius 3 is 3.00 bits per heavy atom. The topological polar surface area (TPSA) is 16.5 Å². The molecule has 0 aromatic heterocycles. The van der Waals surface area contributed by atoms with Crippen LogP contribution < -0.4 is 10.2 Å². The lowest BCUT2D eigenvalue weighted by Gasteiger charge is -2.12. The Hall–Kier alpha value is -0.0800. The molecule has 54 valence electrons. The van der Waals surface area contributed by atoms with Gasteiger partial charge in [0.15, 0.2) is 0 Å². The Morgan fingerprint density at radius 2 is 2.56 bits per heavy atom. The van der Waals surface area contributed by atoms with E-state index in [9.17, 15) is 0 Å². The van der Waals surface area contributed by atoms with E-state index in [4.69, 9.17) is 0 Å². The van der Waals surface area contributed by atoms with Crippen molar-refractivity contribution in [1.82, 2.24) is 5.32 Å². The number of hydrogen-bond donors (Lipinski definition) is 2. The molecule has 0 spiro atoms. The summed E-state index contributed by atoms with van der Waals surface area (Å²) in [4.78, 5) is 1.42. The van der Waals surface area contributed by atoms with E-state index in [0.29, 0.717) is 0 Å². The van der Waals surface area contributed by atoms with Gasteiger partial charge in [0, 0.05) is 6.42 Å². The minimum absolute atomic E-state index is 0.738. The van der Waals surface area contributed by atoms with Gasteiger partial charge in [-0.3, -0.25) is 0 Å². The van der Waals surface area contributed by atoms with Crippen molar-refractivity contribution >= 4 is 0 Å². The molecule has 0 aromatic carbocycles. The average Bonchev–Trinajstić information content (AvgIpc) is 2.17. The lowest BCUT2D eigenvalue weighted by molar-refractivity contribution is -0.840. The summed E-state index contributed by atoms with van der Waals surface area (Å²) in [6, 6.07) is 0.738. The molecule has 1 fully saturated rings. The molecule has 0 aromatic rings. The lowest BCUT2D eigenvalue weighted by Crippen LogP contribution is -3.05. The van der Waals surface area contributed by atoms with Crippen molar-refractivity contribution in [2.75, 3.05) is 19.6 Å². The van der Waals surface area contributed by atoms with Gasteiger partial charge in [0.1, 0.15) is 0 Å². The van der Waals surface area contributed by atoms with Crippen LogP contribution in [-0.4, -0.2) is 25.7 Å². The van der Waals surface area contributed by atoms with Gasteiger partial charge in [-0.1, -0.05) is 6.92 Å². The zero-order valence-electron chi connectivity index (χ0n) is 6.11. The van der Waals surface area contributed by atoms with E-state index in [2.05, 4.69) is 19.3 Å². The van der Waals surface area contributed by atoms with Gasteiger partial charge in [0.25, 0.3) is 0 Å². The van der Waals surface area contributed by atoms with Crippen molar-refractivity contribution in [2.24, 2.45) is 0 Å². The summed E-state index contributed by atoms with van der Waals surface area (Å²) < 4.78 is 0. The van der Waals surface area contributed by atoms with E-state index in [1.165, 1.54) is 24.4 Å². The molecule has 2 atom stereocenters. The summed E-state index contributed by atoms with van der Waals surface area (Å²) in [5, 5.41) is 3.41. The van der Waals surface area contributed by atoms with Crippen LogP contribution in [0.25, 0.3) is 0 Å². The van der Waals surface area contributed by atoms with Gasteiger partial charge in [-0.25, -0.2) is 0 Å². The SMILES string of the molecule is [CH2-][NH+]1CC[C@H](NCC)C1. The quantitative estimate of drug-likeness (QED) is 0.458.